The first-order valence-corrected chi connectivity index (χ1v) is 31.9. The Balaban J connectivity index is 1.66. The van der Waals surface area contributed by atoms with Crippen molar-refractivity contribution in [3.63, 3.8) is 0 Å². The number of unbranched alkanes of at least 4 members (excludes halogenated alkanes) is 23. The van der Waals surface area contributed by atoms with Crippen molar-refractivity contribution in [3.05, 3.63) is 36.5 Å². The predicted octanol–water partition coefficient (Wildman–Crippen LogP) is 3.89. The van der Waals surface area contributed by atoms with Gasteiger partial charge in [-0.25, -0.2) is 4.79 Å². The third-order valence-corrected chi connectivity index (χ3v) is 16.1. The number of aliphatic carboxylic acids is 1. The summed E-state index contributed by atoms with van der Waals surface area (Å²) in [7, 11) is 0. The quantitative estimate of drug-likeness (QED) is 0.0233. The zero-order valence-corrected chi connectivity index (χ0v) is 50.9. The molecule has 3 aliphatic heterocycles. The molecule has 0 spiro atoms. The number of nitrogens with one attached hydrogen (secondary N) is 2. The van der Waals surface area contributed by atoms with Crippen LogP contribution < -0.4 is 10.6 Å². The molecule has 18 unspecified atom stereocenters. The number of carbonyl (C=O) groups is 3. The Labute approximate surface area is 504 Å². The van der Waals surface area contributed by atoms with Gasteiger partial charge in [0.2, 0.25) is 11.8 Å². The molecule has 0 aromatic heterocycles. The monoisotopic (exact) mass is 1220 g/mol. The fourth-order valence-corrected chi connectivity index (χ4v) is 10.9. The fraction of sp³-hybridized carbons (Fsp3) is 0.855. The van der Waals surface area contributed by atoms with Crippen LogP contribution in [0.4, 0.5) is 0 Å². The second-order valence-electron chi connectivity index (χ2n) is 23.3. The summed E-state index contributed by atoms with van der Waals surface area (Å²) in [6.07, 6.45) is 12.0. The van der Waals surface area contributed by atoms with E-state index in [2.05, 4.69) is 48.8 Å². The van der Waals surface area contributed by atoms with Crippen molar-refractivity contribution in [3.8, 4) is 0 Å². The van der Waals surface area contributed by atoms with E-state index in [1.165, 1.54) is 89.9 Å². The Bertz CT molecular complexity index is 1880. The maximum Gasteiger partial charge on any atom is 0.364 e. The van der Waals surface area contributed by atoms with Crippen molar-refractivity contribution in [1.29, 1.82) is 0 Å². The van der Waals surface area contributed by atoms with Crippen molar-refractivity contribution in [2.24, 2.45) is 0 Å². The van der Waals surface area contributed by atoms with Gasteiger partial charge in [-0.1, -0.05) is 172 Å². The van der Waals surface area contributed by atoms with Crippen molar-refractivity contribution in [2.45, 2.75) is 310 Å². The van der Waals surface area contributed by atoms with Crippen molar-refractivity contribution >= 4 is 17.8 Å². The van der Waals surface area contributed by atoms with Crippen LogP contribution in [0.15, 0.2) is 36.5 Å². The van der Waals surface area contributed by atoms with E-state index in [1.54, 1.807) is 6.08 Å². The third-order valence-electron chi connectivity index (χ3n) is 16.1. The van der Waals surface area contributed by atoms with Crippen LogP contribution >= 0.6 is 0 Å². The third kappa shape index (κ3) is 27.3. The summed E-state index contributed by atoms with van der Waals surface area (Å²) in [6.45, 7) is 2.06. The highest BCUT2D eigenvalue weighted by Crippen LogP contribution is 2.38. The lowest BCUT2D eigenvalue weighted by Crippen LogP contribution is -2.70. The fourth-order valence-electron chi connectivity index (χ4n) is 10.9. The summed E-state index contributed by atoms with van der Waals surface area (Å²) in [5, 5.41) is 136. The van der Waals surface area contributed by atoms with E-state index >= 15 is 0 Å². The molecule has 3 fully saturated rings. The maximum atomic E-state index is 13.4. The highest BCUT2D eigenvalue weighted by atomic mass is 16.8. The number of allylic oxidation sites excluding steroid dienone is 5. The van der Waals surface area contributed by atoms with Gasteiger partial charge in [0.1, 0.15) is 67.1 Å². The van der Waals surface area contributed by atoms with Crippen LogP contribution in [0.3, 0.4) is 0 Å². The molecule has 0 radical (unpaired) electrons. The predicted molar refractivity (Wildman–Crippen MR) is 315 cm³/mol. The Hall–Kier alpha value is -3.05. The summed E-state index contributed by atoms with van der Waals surface area (Å²) in [4.78, 5) is 38.4. The van der Waals surface area contributed by atoms with Gasteiger partial charge in [0, 0.05) is 19.8 Å². The first-order valence-electron chi connectivity index (χ1n) is 31.9. The van der Waals surface area contributed by atoms with Crippen molar-refractivity contribution in [1.82, 2.24) is 10.6 Å². The number of rotatable bonds is 46. The molecule has 3 heterocycles. The van der Waals surface area contributed by atoms with Gasteiger partial charge < -0.3 is 100 Å². The number of hydrogen-bond donors (Lipinski definition) is 14. The van der Waals surface area contributed by atoms with Crippen LogP contribution in [0.1, 0.15) is 201 Å². The summed E-state index contributed by atoms with van der Waals surface area (Å²) in [5.41, 5.74) is 0. The molecule has 3 aliphatic rings. The van der Waals surface area contributed by atoms with E-state index in [0.717, 1.165) is 71.1 Å². The molecule has 23 nitrogen and oxygen atoms in total. The summed E-state index contributed by atoms with van der Waals surface area (Å²) >= 11 is 0. The molecule has 3 rings (SSSR count). The summed E-state index contributed by atoms with van der Waals surface area (Å²) in [5.74, 6) is -6.16. The number of carboxylic acid groups (broad SMARTS) is 1. The molecule has 85 heavy (non-hydrogen) atoms. The van der Waals surface area contributed by atoms with E-state index in [1.807, 2.05) is 6.08 Å². The first-order chi connectivity index (χ1) is 40.9. The van der Waals surface area contributed by atoms with E-state index in [0.29, 0.717) is 12.8 Å². The molecule has 0 saturated carbocycles. The molecule has 14 N–H and O–H groups in total. The topological polar surface area (TPSA) is 373 Å². The van der Waals surface area contributed by atoms with Gasteiger partial charge in [0.25, 0.3) is 5.79 Å². The number of aliphatic hydroxyl groups is 11. The number of aliphatic hydroxyl groups excluding tert-OH is 11. The molecule has 0 aliphatic carbocycles. The molecule has 23 heteroatoms. The Morgan fingerprint density at radius 3 is 1.66 bits per heavy atom. The van der Waals surface area contributed by atoms with Gasteiger partial charge in [0.15, 0.2) is 12.6 Å². The number of ether oxygens (including phenoxy) is 6. The lowest BCUT2D eigenvalue weighted by Gasteiger charge is -2.50. The van der Waals surface area contributed by atoms with Gasteiger partial charge in [-0.2, -0.15) is 0 Å². The smallest absolute Gasteiger partial charge is 0.364 e. The minimum absolute atomic E-state index is 0.186. The average Bonchev–Trinajstić information content (AvgIpc) is 1.27. The molecule has 18 atom stereocenters. The maximum absolute atomic E-state index is 13.4. The second kappa shape index (κ2) is 43.6. The van der Waals surface area contributed by atoms with E-state index in [-0.39, 0.29) is 12.3 Å². The van der Waals surface area contributed by atoms with E-state index in [9.17, 15) is 75.7 Å². The Morgan fingerprint density at radius 2 is 1.13 bits per heavy atom. The van der Waals surface area contributed by atoms with Crippen LogP contribution in [-0.2, 0) is 42.8 Å². The van der Waals surface area contributed by atoms with Crippen LogP contribution in [0.5, 0.6) is 0 Å². The Kier molecular flexibility index (Phi) is 39.1. The van der Waals surface area contributed by atoms with Gasteiger partial charge >= 0.3 is 5.97 Å². The Morgan fingerprint density at radius 1 is 0.624 bits per heavy atom. The molecule has 0 aromatic rings. The van der Waals surface area contributed by atoms with Gasteiger partial charge in [0.05, 0.1) is 50.7 Å². The highest BCUT2D eigenvalue weighted by Gasteiger charge is 2.60. The number of hydrogen-bond acceptors (Lipinski definition) is 20. The molecule has 0 aromatic carbocycles. The van der Waals surface area contributed by atoms with Crippen LogP contribution in [-0.4, -0.2) is 215 Å². The standard InChI is InChI=1S/C62H110N2O21/c1-4-6-8-10-12-14-16-18-20-22-23-25-27-29-31-33-35-44(69)43(64-49(72)36-34-32-30-28-26-24-21-19-17-15-13-11-9-7-5-2)41-80-59-54(76)53(75)56(48(40-67)82-59)83-60-55(77)58(52(74)47(39-66)81-60)85-62(61(78)79)37-45(70)50(63-42(3)68)57(84-62)51(73)46(71)38-65/h13,15,17,19,33,35,43-48,50-60,65-67,69-71,73-77H,4-12,14,16,18,20-32,34,36-41H2,1-3H3,(H,63,68)(H,64,72)(H,78,79)/b15-13-,19-17-,35-33+. The zero-order chi connectivity index (χ0) is 62.6. The molecule has 3 saturated heterocycles. The van der Waals surface area contributed by atoms with Crippen molar-refractivity contribution < 1.29 is 104 Å². The van der Waals surface area contributed by atoms with Crippen LogP contribution in [0, 0.1) is 0 Å². The van der Waals surface area contributed by atoms with Crippen LogP contribution in [0.2, 0.25) is 0 Å². The van der Waals surface area contributed by atoms with E-state index in [4.69, 9.17) is 28.4 Å². The number of carboxylic acids is 1. The normalized spacial score (nSPS) is 29.8. The van der Waals surface area contributed by atoms with Crippen molar-refractivity contribution in [2.75, 3.05) is 26.4 Å². The molecular formula is C62H110N2O21. The molecule has 2 amide bonds. The minimum atomic E-state index is -3.08. The largest absolute Gasteiger partial charge is 0.477 e. The first kappa shape index (κ1) is 76.2. The second-order valence-corrected chi connectivity index (χ2v) is 23.3. The zero-order valence-electron chi connectivity index (χ0n) is 50.9. The molecule has 494 valence electrons. The lowest BCUT2D eigenvalue weighted by molar-refractivity contribution is -0.386. The SMILES string of the molecule is CCCCC/C=C\C=C/CCCCCCCCC(=O)NC(COC1OC(CO)C(OC2OC(CO)C(O)C(OC3(C(=O)O)CC(O)C(NC(C)=O)C(C(O)C(O)CO)O3)C2O)C(O)C1O)C(O)/C=C/CCCCCCCCCCCCCCCC. The molecule has 0 bridgehead atoms. The number of carbonyl (C=O) groups excluding carboxylic acids is 2. The summed E-state index contributed by atoms with van der Waals surface area (Å²) in [6, 6.07) is -2.62. The van der Waals surface area contributed by atoms with Gasteiger partial charge in [-0.3, -0.25) is 9.59 Å². The number of amides is 2. The van der Waals surface area contributed by atoms with Gasteiger partial charge in [-0.15, -0.1) is 0 Å². The lowest BCUT2D eigenvalue weighted by atomic mass is 9.88. The van der Waals surface area contributed by atoms with Gasteiger partial charge in [-0.05, 0) is 44.9 Å². The van der Waals surface area contributed by atoms with Crippen LogP contribution in [0.25, 0.3) is 0 Å². The minimum Gasteiger partial charge on any atom is -0.477 e. The van der Waals surface area contributed by atoms with E-state index < -0.39 is 155 Å². The summed E-state index contributed by atoms with van der Waals surface area (Å²) < 4.78 is 34.7. The highest BCUT2D eigenvalue weighted by molar-refractivity contribution is 5.77. The average molecular weight is 1220 g/mol. The molecular weight excluding hydrogens is 1110 g/mol.